The fourth-order valence-corrected chi connectivity index (χ4v) is 10.3. The maximum Gasteiger partial charge on any atom is 0.327 e. The van der Waals surface area contributed by atoms with Gasteiger partial charge in [0.1, 0.15) is 6.04 Å². The van der Waals surface area contributed by atoms with Crippen molar-refractivity contribution in [3.8, 4) is 11.5 Å². The van der Waals surface area contributed by atoms with Gasteiger partial charge in [-0.25, -0.2) is 4.79 Å². The monoisotopic (exact) mass is 544 g/mol. The number of carbonyl (C=O) groups is 3. The van der Waals surface area contributed by atoms with Gasteiger partial charge in [-0.15, -0.1) is 11.8 Å². The molecule has 2 bridgehead atoms. The molecule has 1 saturated heterocycles. The number of fused-ring (bicyclic) bond motifs is 9. The van der Waals surface area contributed by atoms with Crippen LogP contribution in [-0.4, -0.2) is 58.3 Å². The van der Waals surface area contributed by atoms with Crippen LogP contribution < -0.4 is 14.3 Å². The Morgan fingerprint density at radius 1 is 1.08 bits per heavy atom. The van der Waals surface area contributed by atoms with E-state index in [-0.39, 0.29) is 45.6 Å². The lowest BCUT2D eigenvalue weighted by atomic mass is 9.68. The number of thiazole rings is 1. The summed E-state index contributed by atoms with van der Waals surface area (Å²) in [7, 11) is 3.15. The lowest BCUT2D eigenvalue weighted by Gasteiger charge is -2.43. The molecule has 0 spiro atoms. The van der Waals surface area contributed by atoms with Crippen LogP contribution in [0.1, 0.15) is 36.6 Å². The second-order valence-electron chi connectivity index (χ2n) is 10.6. The van der Waals surface area contributed by atoms with E-state index in [1.807, 2.05) is 18.2 Å². The average Bonchev–Trinajstić information content (AvgIpc) is 3.58. The maximum atomic E-state index is 13.7. The van der Waals surface area contributed by atoms with Crippen molar-refractivity contribution in [2.45, 2.75) is 42.5 Å². The number of imide groups is 1. The number of H-pyrrole nitrogens is 1. The van der Waals surface area contributed by atoms with Gasteiger partial charge in [0.25, 0.3) is 0 Å². The zero-order valence-electron chi connectivity index (χ0n) is 20.8. The Morgan fingerprint density at radius 2 is 1.76 bits per heavy atom. The predicted molar refractivity (Wildman–Crippen MR) is 136 cm³/mol. The first-order valence-electron chi connectivity index (χ1n) is 12.4. The molecule has 2 amide bonds. The van der Waals surface area contributed by atoms with Crippen molar-refractivity contribution < 1.29 is 29.0 Å². The average molecular weight is 545 g/mol. The second-order valence-corrected chi connectivity index (χ2v) is 12.9. The second kappa shape index (κ2) is 8.62. The number of rotatable bonds is 6. The third-order valence-corrected chi connectivity index (χ3v) is 11.3. The first-order chi connectivity index (χ1) is 17.7. The standard InChI is InChI=1S/C26H28N2O7S2/c1-9(2)19(25(31)32)28-23(29)17-11-8-12(18(17)24(28)30)20-16(11)15(21-22(36-20)27-26(33)37-21)10-5-6-13(34-3)14(7-10)35-4/h5-7,9,11-12,15-20H,8H2,1-4H3,(H,27,33)(H,31,32)/t11-,12+,15+,16+,17-,18+,19+,20-/m1/s1. The molecule has 2 N–H and O–H groups in total. The smallest absolute Gasteiger partial charge is 0.327 e. The molecule has 2 saturated carbocycles. The molecular weight excluding hydrogens is 516 g/mol. The minimum atomic E-state index is -1.17. The summed E-state index contributed by atoms with van der Waals surface area (Å²) in [4.78, 5) is 56.7. The van der Waals surface area contributed by atoms with Gasteiger partial charge < -0.3 is 19.6 Å². The summed E-state index contributed by atoms with van der Waals surface area (Å²) < 4.78 is 11.0. The van der Waals surface area contributed by atoms with Gasteiger partial charge in [-0.3, -0.25) is 19.3 Å². The highest BCUT2D eigenvalue weighted by atomic mass is 32.2. The quantitative estimate of drug-likeness (QED) is 0.532. The Labute approximate surface area is 221 Å². The number of hydrogen-bond acceptors (Lipinski definition) is 8. The zero-order chi connectivity index (χ0) is 26.3. The summed E-state index contributed by atoms with van der Waals surface area (Å²) in [5.74, 6) is -2.39. The summed E-state index contributed by atoms with van der Waals surface area (Å²) in [5.41, 5.74) is 0.966. The molecule has 196 valence electrons. The number of nitrogens with zero attached hydrogens (tertiary/aromatic N) is 1. The number of aliphatic carboxylic acids is 1. The van der Waals surface area contributed by atoms with E-state index in [9.17, 15) is 24.3 Å². The Bertz CT molecular complexity index is 1370. The third kappa shape index (κ3) is 3.35. The fraction of sp³-hybridized carbons (Fsp3) is 0.538. The Balaban J connectivity index is 1.45. The highest BCUT2D eigenvalue weighted by molar-refractivity contribution is 8.00. The minimum Gasteiger partial charge on any atom is -0.493 e. The van der Waals surface area contributed by atoms with Crippen LogP contribution in [0.15, 0.2) is 28.0 Å². The van der Waals surface area contributed by atoms with Crippen LogP contribution >= 0.6 is 23.1 Å². The van der Waals surface area contributed by atoms with Crippen LogP contribution in [0.5, 0.6) is 11.5 Å². The molecule has 0 radical (unpaired) electrons. The van der Waals surface area contributed by atoms with Gasteiger partial charge in [-0.1, -0.05) is 31.3 Å². The Hall–Kier alpha value is -2.79. The molecule has 4 aliphatic rings. The molecule has 3 heterocycles. The lowest BCUT2D eigenvalue weighted by molar-refractivity contribution is -0.157. The Morgan fingerprint density at radius 3 is 2.38 bits per heavy atom. The number of hydrogen-bond donors (Lipinski definition) is 2. The largest absolute Gasteiger partial charge is 0.493 e. The number of nitrogens with one attached hydrogen (secondary N) is 1. The van der Waals surface area contributed by atoms with Crippen molar-refractivity contribution in [3.05, 3.63) is 38.3 Å². The van der Waals surface area contributed by atoms with Gasteiger partial charge in [0, 0.05) is 16.0 Å². The number of amides is 2. The molecule has 1 aromatic carbocycles. The van der Waals surface area contributed by atoms with Gasteiger partial charge in [0.15, 0.2) is 11.5 Å². The molecule has 1 aromatic heterocycles. The summed E-state index contributed by atoms with van der Waals surface area (Å²) in [6.07, 6.45) is 0.741. The molecule has 8 atom stereocenters. The molecule has 2 aromatic rings. The first-order valence-corrected chi connectivity index (χ1v) is 14.1. The van der Waals surface area contributed by atoms with Crippen molar-refractivity contribution in [1.82, 2.24) is 9.88 Å². The number of aromatic nitrogens is 1. The number of benzene rings is 1. The van der Waals surface area contributed by atoms with Crippen LogP contribution in [0.2, 0.25) is 0 Å². The normalized spacial score (nSPS) is 32.4. The SMILES string of the molecule is COc1ccc([C@@H]2c3sc(=O)[nH]c3S[C@@H]3[C@H]4C[C@@H]([C@H]5C(=O)N([C@H](C(=O)O)C(C)C)C(=O)[C@@H]45)[C@@H]23)cc1OC. The van der Waals surface area contributed by atoms with Crippen LogP contribution in [-0.2, 0) is 14.4 Å². The van der Waals surface area contributed by atoms with E-state index >= 15 is 0 Å². The number of carbonyl (C=O) groups excluding carboxylic acids is 2. The van der Waals surface area contributed by atoms with Crippen LogP contribution in [0.3, 0.4) is 0 Å². The zero-order valence-corrected chi connectivity index (χ0v) is 22.4. The van der Waals surface area contributed by atoms with E-state index in [0.717, 1.165) is 26.8 Å². The molecule has 0 unspecified atom stereocenters. The minimum absolute atomic E-state index is 0.0207. The highest BCUT2D eigenvalue weighted by Gasteiger charge is 2.70. The van der Waals surface area contributed by atoms with Crippen molar-refractivity contribution in [2.75, 3.05) is 14.2 Å². The van der Waals surface area contributed by atoms with Crippen molar-refractivity contribution >= 4 is 40.9 Å². The van der Waals surface area contributed by atoms with Gasteiger partial charge in [-0.2, -0.15) is 0 Å². The molecule has 9 nitrogen and oxygen atoms in total. The van der Waals surface area contributed by atoms with E-state index in [1.54, 1.807) is 39.8 Å². The van der Waals surface area contributed by atoms with Crippen LogP contribution in [0.4, 0.5) is 0 Å². The summed E-state index contributed by atoms with van der Waals surface area (Å²) in [6.45, 7) is 3.44. The highest BCUT2D eigenvalue weighted by Crippen LogP contribution is 2.68. The van der Waals surface area contributed by atoms with Gasteiger partial charge in [-0.05, 0) is 47.8 Å². The number of thioether (sulfide) groups is 1. The van der Waals surface area contributed by atoms with Crippen molar-refractivity contribution in [2.24, 2.45) is 35.5 Å². The summed E-state index contributed by atoms with van der Waals surface area (Å²) in [5, 5.41) is 10.7. The van der Waals surface area contributed by atoms with E-state index in [2.05, 4.69) is 4.98 Å². The number of carboxylic acids is 1. The van der Waals surface area contributed by atoms with Crippen LogP contribution in [0, 0.1) is 35.5 Å². The third-order valence-electron chi connectivity index (χ3n) is 8.69. The summed E-state index contributed by atoms with van der Waals surface area (Å²) >= 11 is 2.79. The number of likely N-dealkylation sites (tertiary alicyclic amines) is 1. The summed E-state index contributed by atoms with van der Waals surface area (Å²) in [6, 6.07) is 4.59. The molecule has 6 rings (SSSR count). The van der Waals surface area contributed by atoms with E-state index < -0.39 is 29.8 Å². The van der Waals surface area contributed by atoms with E-state index in [4.69, 9.17) is 9.47 Å². The maximum absolute atomic E-state index is 13.7. The van der Waals surface area contributed by atoms with Crippen molar-refractivity contribution in [3.63, 3.8) is 0 Å². The van der Waals surface area contributed by atoms with Crippen LogP contribution in [0.25, 0.3) is 0 Å². The number of methoxy groups -OCH3 is 2. The molecule has 2 aliphatic heterocycles. The number of carboxylic acid groups (broad SMARTS) is 1. The predicted octanol–water partition coefficient (Wildman–Crippen LogP) is 3.04. The van der Waals surface area contributed by atoms with E-state index in [1.165, 1.54) is 11.3 Å². The fourth-order valence-electron chi connectivity index (χ4n) is 7.43. The molecule has 2 aliphatic carbocycles. The number of aromatic amines is 1. The van der Waals surface area contributed by atoms with Gasteiger partial charge in [0.2, 0.25) is 11.8 Å². The molecular formula is C26H28N2O7S2. The molecule has 37 heavy (non-hydrogen) atoms. The molecule has 3 fully saturated rings. The topological polar surface area (TPSA) is 126 Å². The molecule has 11 heteroatoms. The van der Waals surface area contributed by atoms with Gasteiger partial charge >= 0.3 is 10.8 Å². The Kier molecular flexibility index (Phi) is 5.72. The van der Waals surface area contributed by atoms with Crippen molar-refractivity contribution in [1.29, 1.82) is 0 Å². The lowest BCUT2D eigenvalue weighted by Crippen LogP contribution is -2.49. The first kappa shape index (κ1) is 24.5. The van der Waals surface area contributed by atoms with E-state index in [0.29, 0.717) is 11.5 Å². The number of ether oxygens (including phenoxy) is 2. The van der Waals surface area contributed by atoms with Gasteiger partial charge in [0.05, 0.1) is 31.1 Å².